The predicted molar refractivity (Wildman–Crippen MR) is 112 cm³/mol. The Balaban J connectivity index is 1.50. The summed E-state index contributed by atoms with van der Waals surface area (Å²) in [5.41, 5.74) is 6.38. The van der Waals surface area contributed by atoms with Gasteiger partial charge in [0.15, 0.2) is 0 Å². The number of rotatable bonds is 5. The van der Waals surface area contributed by atoms with Crippen LogP contribution in [-0.4, -0.2) is 40.8 Å². The van der Waals surface area contributed by atoms with Crippen LogP contribution in [0, 0.1) is 28.6 Å². The fourth-order valence-corrected chi connectivity index (χ4v) is 6.89. The topological polar surface area (TPSA) is 124 Å². The van der Waals surface area contributed by atoms with Crippen molar-refractivity contribution in [3.63, 3.8) is 0 Å². The normalized spacial score (nSPS) is 40.3. The van der Waals surface area contributed by atoms with Crippen molar-refractivity contribution in [1.82, 2.24) is 0 Å². The molecule has 0 spiro atoms. The Labute approximate surface area is 182 Å². The molecule has 0 aromatic rings. The minimum absolute atomic E-state index is 0.0380. The van der Waals surface area contributed by atoms with Gasteiger partial charge in [-0.3, -0.25) is 19.2 Å². The molecule has 170 valence electrons. The lowest BCUT2D eigenvalue weighted by atomic mass is 9.47. The summed E-state index contributed by atoms with van der Waals surface area (Å²) in [4.78, 5) is 48.8. The zero-order valence-electron chi connectivity index (χ0n) is 18.4. The minimum Gasteiger partial charge on any atom is -0.481 e. The van der Waals surface area contributed by atoms with Crippen LogP contribution >= 0.6 is 0 Å². The van der Waals surface area contributed by atoms with Crippen LogP contribution in [0.4, 0.5) is 0 Å². The Morgan fingerprint density at radius 1 is 1.16 bits per heavy atom. The number of carbonyl (C=O) groups is 4. The summed E-state index contributed by atoms with van der Waals surface area (Å²) in [6.45, 7) is 4.30. The summed E-state index contributed by atoms with van der Waals surface area (Å²) < 4.78 is 5.56. The molecule has 3 N–H and O–H groups in total. The molecule has 3 saturated carbocycles. The van der Waals surface area contributed by atoms with Gasteiger partial charge in [0, 0.05) is 30.6 Å². The largest absolute Gasteiger partial charge is 0.481 e. The predicted octanol–water partition coefficient (Wildman–Crippen LogP) is 2.80. The molecular formula is C24H33NO6. The summed E-state index contributed by atoms with van der Waals surface area (Å²) in [6, 6.07) is -0.962. The smallest absolute Gasteiger partial charge is 0.323 e. The second-order valence-corrected chi connectivity index (χ2v) is 10.5. The zero-order chi connectivity index (χ0) is 22.6. The molecule has 0 aliphatic heterocycles. The van der Waals surface area contributed by atoms with Crippen molar-refractivity contribution in [2.45, 2.75) is 83.8 Å². The van der Waals surface area contributed by atoms with E-state index in [0.29, 0.717) is 25.0 Å². The number of carboxylic acids is 1. The Bertz CT molecular complexity index is 849. The Hall–Kier alpha value is -2.02. The van der Waals surface area contributed by atoms with Gasteiger partial charge in [-0.2, -0.15) is 0 Å². The van der Waals surface area contributed by atoms with E-state index < -0.39 is 24.1 Å². The van der Waals surface area contributed by atoms with E-state index in [2.05, 4.69) is 13.8 Å². The summed E-state index contributed by atoms with van der Waals surface area (Å²) in [7, 11) is 0. The molecule has 3 fully saturated rings. The first-order valence-electron chi connectivity index (χ1n) is 11.5. The quantitative estimate of drug-likeness (QED) is 0.507. The molecule has 7 heteroatoms. The van der Waals surface area contributed by atoms with Gasteiger partial charge in [0.2, 0.25) is 0 Å². The van der Waals surface area contributed by atoms with E-state index in [1.54, 1.807) is 0 Å². The molecule has 0 aromatic carbocycles. The van der Waals surface area contributed by atoms with E-state index in [1.807, 2.05) is 6.08 Å². The van der Waals surface area contributed by atoms with Crippen LogP contribution in [0.2, 0.25) is 0 Å². The number of fused-ring (bicyclic) bond motifs is 5. The van der Waals surface area contributed by atoms with Crippen molar-refractivity contribution >= 4 is 23.5 Å². The van der Waals surface area contributed by atoms with Gasteiger partial charge < -0.3 is 15.6 Å². The SMILES string of the molecule is C[C@]12CC[C@H](OC(=O)C(N)CCC(=O)O)C=C1CC(=O)C1C2CC[C@]2(C)C(=O)CCC12. The number of aliphatic carboxylic acids is 1. The van der Waals surface area contributed by atoms with Crippen LogP contribution in [0.1, 0.15) is 71.6 Å². The summed E-state index contributed by atoms with van der Waals surface area (Å²) in [6.07, 6.45) is 6.36. The number of ketones is 2. The van der Waals surface area contributed by atoms with Gasteiger partial charge in [-0.1, -0.05) is 19.4 Å². The van der Waals surface area contributed by atoms with Crippen LogP contribution in [0.25, 0.3) is 0 Å². The highest BCUT2D eigenvalue weighted by molar-refractivity contribution is 5.91. The van der Waals surface area contributed by atoms with Crippen LogP contribution in [-0.2, 0) is 23.9 Å². The fourth-order valence-electron chi connectivity index (χ4n) is 6.89. The summed E-state index contributed by atoms with van der Waals surface area (Å²) in [5, 5.41) is 8.76. The van der Waals surface area contributed by atoms with Crippen molar-refractivity contribution in [1.29, 1.82) is 0 Å². The molecule has 0 bridgehead atoms. The fraction of sp³-hybridized carbons (Fsp3) is 0.750. The van der Waals surface area contributed by atoms with Gasteiger partial charge in [0.1, 0.15) is 23.7 Å². The van der Waals surface area contributed by atoms with Crippen molar-refractivity contribution in [2.75, 3.05) is 0 Å². The van der Waals surface area contributed by atoms with E-state index in [4.69, 9.17) is 15.6 Å². The maximum absolute atomic E-state index is 13.3. The van der Waals surface area contributed by atoms with Crippen LogP contribution in [0.5, 0.6) is 0 Å². The van der Waals surface area contributed by atoms with Crippen LogP contribution in [0.3, 0.4) is 0 Å². The molecule has 4 unspecified atom stereocenters. The van der Waals surface area contributed by atoms with Crippen molar-refractivity contribution in [2.24, 2.45) is 34.3 Å². The van der Waals surface area contributed by atoms with Gasteiger partial charge in [-0.25, -0.2) is 0 Å². The van der Waals surface area contributed by atoms with Crippen molar-refractivity contribution < 1.29 is 29.0 Å². The number of ether oxygens (including phenoxy) is 1. The zero-order valence-corrected chi connectivity index (χ0v) is 18.4. The van der Waals surface area contributed by atoms with Gasteiger partial charge in [0.05, 0.1) is 0 Å². The van der Waals surface area contributed by atoms with Gasteiger partial charge in [-0.15, -0.1) is 0 Å². The molecular weight excluding hydrogens is 398 g/mol. The van der Waals surface area contributed by atoms with E-state index in [0.717, 1.165) is 31.3 Å². The average Bonchev–Trinajstić information content (AvgIpc) is 3.02. The number of hydrogen-bond donors (Lipinski definition) is 2. The molecule has 4 aliphatic carbocycles. The number of allylic oxidation sites excluding steroid dienone is 1. The highest BCUT2D eigenvalue weighted by atomic mass is 16.5. The molecule has 31 heavy (non-hydrogen) atoms. The summed E-state index contributed by atoms with van der Waals surface area (Å²) >= 11 is 0. The van der Waals surface area contributed by atoms with Crippen molar-refractivity contribution in [3.8, 4) is 0 Å². The third-order valence-corrected chi connectivity index (χ3v) is 8.84. The Morgan fingerprint density at radius 2 is 1.84 bits per heavy atom. The first-order valence-corrected chi connectivity index (χ1v) is 11.5. The Kier molecular flexibility index (Phi) is 5.61. The first-order chi connectivity index (χ1) is 14.6. The molecule has 0 aromatic heterocycles. The lowest BCUT2D eigenvalue weighted by molar-refractivity contribution is -0.150. The number of Topliss-reactive ketones (excluding diaryl/α,β-unsaturated/α-hetero) is 2. The van der Waals surface area contributed by atoms with Crippen LogP contribution < -0.4 is 5.73 Å². The molecule has 7 nitrogen and oxygen atoms in total. The third-order valence-electron chi connectivity index (χ3n) is 8.84. The number of carbonyl (C=O) groups excluding carboxylic acids is 3. The van der Waals surface area contributed by atoms with Gasteiger partial charge >= 0.3 is 11.9 Å². The highest BCUT2D eigenvalue weighted by Crippen LogP contribution is 2.63. The van der Waals surface area contributed by atoms with E-state index in [-0.39, 0.29) is 47.2 Å². The molecule has 4 aliphatic rings. The monoisotopic (exact) mass is 431 g/mol. The molecule has 0 amide bonds. The number of nitrogens with two attached hydrogens (primary N) is 1. The number of esters is 1. The van der Waals surface area contributed by atoms with E-state index >= 15 is 0 Å². The number of hydrogen-bond acceptors (Lipinski definition) is 6. The summed E-state index contributed by atoms with van der Waals surface area (Å²) in [5.74, 6) is -0.692. The maximum atomic E-state index is 13.3. The first kappa shape index (κ1) is 22.2. The van der Waals surface area contributed by atoms with E-state index in [1.165, 1.54) is 0 Å². The maximum Gasteiger partial charge on any atom is 0.323 e. The average molecular weight is 432 g/mol. The van der Waals surface area contributed by atoms with Crippen LogP contribution in [0.15, 0.2) is 11.6 Å². The van der Waals surface area contributed by atoms with E-state index in [9.17, 15) is 19.2 Å². The third kappa shape index (κ3) is 3.65. The van der Waals surface area contributed by atoms with Crippen molar-refractivity contribution in [3.05, 3.63) is 11.6 Å². The second kappa shape index (κ2) is 7.84. The lowest BCUT2D eigenvalue weighted by Crippen LogP contribution is -2.54. The number of carboxylic acid groups (broad SMARTS) is 1. The lowest BCUT2D eigenvalue weighted by Gasteiger charge is -2.56. The minimum atomic E-state index is -0.999. The Morgan fingerprint density at radius 3 is 2.55 bits per heavy atom. The molecule has 7 atom stereocenters. The molecule has 0 radical (unpaired) electrons. The van der Waals surface area contributed by atoms with Gasteiger partial charge in [0.25, 0.3) is 0 Å². The second-order valence-electron chi connectivity index (χ2n) is 10.5. The molecule has 4 rings (SSSR count). The highest BCUT2D eigenvalue weighted by Gasteiger charge is 2.61. The molecule has 0 saturated heterocycles. The van der Waals surface area contributed by atoms with Gasteiger partial charge in [-0.05, 0) is 61.9 Å². The molecule has 0 heterocycles. The standard InChI is InChI=1S/C24H33NO6/c1-23-9-7-14(31-22(30)17(25)4-6-20(28)29)11-13(23)12-18(26)21-15-3-5-19(27)24(15,2)10-8-16(21)23/h11,14-17,21H,3-10,12,25H2,1-2H3,(H,28,29)/t14-,15?,16?,17?,21?,23-,24-/m0/s1.